The Morgan fingerprint density at radius 1 is 1.24 bits per heavy atom. The van der Waals surface area contributed by atoms with Crippen molar-refractivity contribution in [2.75, 3.05) is 17.6 Å². The molecule has 132 valence electrons. The molecule has 0 amide bonds. The van der Waals surface area contributed by atoms with Gasteiger partial charge in [-0.2, -0.15) is 4.98 Å². The zero-order valence-corrected chi connectivity index (χ0v) is 15.8. The third-order valence-corrected chi connectivity index (χ3v) is 5.34. The van der Waals surface area contributed by atoms with Crippen molar-refractivity contribution in [3.05, 3.63) is 30.4 Å². The molecular weight excluding hydrogens is 356 g/mol. The molecule has 0 bridgehead atoms. The molecule has 0 aliphatic rings. The Balaban J connectivity index is 1.41. The summed E-state index contributed by atoms with van der Waals surface area (Å²) in [6, 6.07) is 3.73. The van der Waals surface area contributed by atoms with Gasteiger partial charge in [-0.3, -0.25) is 4.98 Å². The van der Waals surface area contributed by atoms with E-state index >= 15 is 0 Å². The van der Waals surface area contributed by atoms with E-state index in [0.29, 0.717) is 17.6 Å². The van der Waals surface area contributed by atoms with Crippen molar-refractivity contribution < 1.29 is 4.52 Å². The molecule has 25 heavy (non-hydrogen) atoms. The minimum Gasteiger partial charge on any atom is -0.360 e. The van der Waals surface area contributed by atoms with E-state index in [9.17, 15) is 0 Å². The molecule has 0 saturated carbocycles. The molecule has 7 nitrogen and oxygen atoms in total. The van der Waals surface area contributed by atoms with Gasteiger partial charge in [0.2, 0.25) is 16.8 Å². The Morgan fingerprint density at radius 3 is 2.88 bits per heavy atom. The van der Waals surface area contributed by atoms with Gasteiger partial charge in [0, 0.05) is 36.7 Å². The predicted octanol–water partition coefficient (Wildman–Crippen LogP) is 3.78. The molecule has 3 aromatic rings. The minimum atomic E-state index is 0.589. The van der Waals surface area contributed by atoms with Gasteiger partial charge >= 0.3 is 0 Å². The van der Waals surface area contributed by atoms with Gasteiger partial charge in [0.1, 0.15) is 0 Å². The lowest BCUT2D eigenvalue weighted by Gasteiger charge is -2.03. The van der Waals surface area contributed by atoms with Gasteiger partial charge in [-0.05, 0) is 24.5 Å². The fraction of sp³-hybridized carbons (Fsp3) is 0.438. The van der Waals surface area contributed by atoms with Crippen LogP contribution in [-0.4, -0.2) is 37.6 Å². The molecule has 0 atom stereocenters. The van der Waals surface area contributed by atoms with Crippen LogP contribution in [0.15, 0.2) is 33.4 Å². The molecule has 9 heteroatoms. The van der Waals surface area contributed by atoms with Crippen LogP contribution in [0.25, 0.3) is 11.4 Å². The first-order valence-electron chi connectivity index (χ1n) is 8.14. The summed E-state index contributed by atoms with van der Waals surface area (Å²) < 4.78 is 6.28. The van der Waals surface area contributed by atoms with Crippen LogP contribution in [0.4, 0.5) is 5.13 Å². The zero-order chi connectivity index (χ0) is 17.5. The Labute approximate surface area is 154 Å². The minimum absolute atomic E-state index is 0.589. The number of anilines is 1. The summed E-state index contributed by atoms with van der Waals surface area (Å²) in [7, 11) is 0. The topological polar surface area (TPSA) is 89.6 Å². The lowest BCUT2D eigenvalue weighted by molar-refractivity contribution is 0.378. The van der Waals surface area contributed by atoms with Crippen LogP contribution in [0.2, 0.25) is 0 Å². The highest BCUT2D eigenvalue weighted by Crippen LogP contribution is 2.26. The van der Waals surface area contributed by atoms with Gasteiger partial charge in [-0.25, -0.2) is 0 Å². The van der Waals surface area contributed by atoms with Crippen molar-refractivity contribution in [1.29, 1.82) is 0 Å². The summed E-state index contributed by atoms with van der Waals surface area (Å²) in [4.78, 5) is 8.41. The van der Waals surface area contributed by atoms with Gasteiger partial charge in [0.15, 0.2) is 4.34 Å². The van der Waals surface area contributed by atoms with Gasteiger partial charge in [-0.1, -0.05) is 42.1 Å². The smallest absolute Gasteiger partial charge is 0.226 e. The van der Waals surface area contributed by atoms with E-state index in [4.69, 9.17) is 4.52 Å². The maximum atomic E-state index is 5.30. The lowest BCUT2D eigenvalue weighted by atomic mass is 10.2. The molecule has 0 spiro atoms. The molecule has 0 aromatic carbocycles. The quantitative estimate of drug-likeness (QED) is 0.446. The van der Waals surface area contributed by atoms with Crippen molar-refractivity contribution in [2.24, 2.45) is 5.92 Å². The number of hydrogen-bond donors (Lipinski definition) is 1. The molecule has 0 fully saturated rings. The summed E-state index contributed by atoms with van der Waals surface area (Å²) in [5.41, 5.74) is 0.912. The summed E-state index contributed by atoms with van der Waals surface area (Å²) in [5.74, 6) is 2.79. The summed E-state index contributed by atoms with van der Waals surface area (Å²) in [6.45, 7) is 5.25. The third kappa shape index (κ3) is 5.50. The zero-order valence-electron chi connectivity index (χ0n) is 14.2. The third-order valence-electron chi connectivity index (χ3n) is 3.24. The maximum Gasteiger partial charge on any atom is 0.226 e. The molecule has 1 N–H and O–H groups in total. The van der Waals surface area contributed by atoms with Crippen LogP contribution < -0.4 is 5.32 Å². The fourth-order valence-electron chi connectivity index (χ4n) is 1.99. The number of hydrogen-bond acceptors (Lipinski definition) is 9. The second kappa shape index (κ2) is 8.91. The Kier molecular flexibility index (Phi) is 6.35. The second-order valence-corrected chi connectivity index (χ2v) is 8.17. The number of nitrogens with one attached hydrogen (secondary N) is 1. The molecule has 0 aliphatic heterocycles. The van der Waals surface area contributed by atoms with Crippen LogP contribution >= 0.6 is 23.1 Å². The average Bonchev–Trinajstić information content (AvgIpc) is 3.27. The summed E-state index contributed by atoms with van der Waals surface area (Å²) >= 11 is 3.30. The van der Waals surface area contributed by atoms with E-state index in [1.165, 1.54) is 0 Å². The number of pyridine rings is 1. The first-order chi connectivity index (χ1) is 12.2. The van der Waals surface area contributed by atoms with E-state index in [1.54, 1.807) is 35.5 Å². The van der Waals surface area contributed by atoms with Crippen molar-refractivity contribution >= 4 is 28.2 Å². The van der Waals surface area contributed by atoms with Crippen molar-refractivity contribution in [1.82, 2.24) is 25.3 Å². The van der Waals surface area contributed by atoms with Crippen LogP contribution in [-0.2, 0) is 6.42 Å². The normalized spacial score (nSPS) is 11.2. The Morgan fingerprint density at radius 2 is 2.08 bits per heavy atom. The summed E-state index contributed by atoms with van der Waals surface area (Å²) in [5, 5.41) is 16.5. The van der Waals surface area contributed by atoms with E-state index in [1.807, 2.05) is 12.1 Å². The molecule has 3 rings (SSSR count). The lowest BCUT2D eigenvalue weighted by Crippen LogP contribution is -2.07. The van der Waals surface area contributed by atoms with E-state index in [2.05, 4.69) is 44.5 Å². The highest BCUT2D eigenvalue weighted by molar-refractivity contribution is 8.01. The molecule has 3 heterocycles. The maximum absolute atomic E-state index is 5.30. The van der Waals surface area contributed by atoms with Crippen molar-refractivity contribution in [2.45, 2.75) is 31.0 Å². The molecule has 0 radical (unpaired) electrons. The SMILES string of the molecule is CC(C)CNc1nnc(SCCCc2nc(-c3ccncc3)no2)s1. The average molecular weight is 377 g/mol. The van der Waals surface area contributed by atoms with Gasteiger partial charge in [0.05, 0.1) is 0 Å². The molecule has 0 unspecified atom stereocenters. The number of aromatic nitrogens is 5. The van der Waals surface area contributed by atoms with Crippen LogP contribution in [0, 0.1) is 5.92 Å². The van der Waals surface area contributed by atoms with Crippen LogP contribution in [0.5, 0.6) is 0 Å². The molecule has 0 saturated heterocycles. The van der Waals surface area contributed by atoms with E-state index in [-0.39, 0.29) is 0 Å². The fourth-order valence-corrected chi connectivity index (χ4v) is 3.76. The standard InChI is InChI=1S/C16H20N6OS2/c1-11(2)10-18-15-20-21-16(25-15)24-9-3-4-13-19-14(22-23-13)12-5-7-17-8-6-12/h5-8,11H,3-4,9-10H2,1-2H3,(H,18,20). The van der Waals surface area contributed by atoms with E-state index in [0.717, 1.165) is 40.2 Å². The largest absolute Gasteiger partial charge is 0.360 e. The number of aryl methyl sites for hydroxylation is 1. The summed E-state index contributed by atoms with van der Waals surface area (Å²) in [6.07, 6.45) is 5.13. The van der Waals surface area contributed by atoms with Gasteiger partial charge in [-0.15, -0.1) is 10.2 Å². The molecule has 3 aromatic heterocycles. The second-order valence-electron chi connectivity index (χ2n) is 5.85. The monoisotopic (exact) mass is 376 g/mol. The molecule has 0 aliphatic carbocycles. The van der Waals surface area contributed by atoms with Crippen molar-refractivity contribution in [3.63, 3.8) is 0 Å². The number of nitrogens with zero attached hydrogens (tertiary/aromatic N) is 5. The highest BCUT2D eigenvalue weighted by Gasteiger charge is 2.09. The molecular formula is C16H20N6OS2. The van der Waals surface area contributed by atoms with Crippen molar-refractivity contribution in [3.8, 4) is 11.4 Å². The predicted molar refractivity (Wildman–Crippen MR) is 99.8 cm³/mol. The first-order valence-corrected chi connectivity index (χ1v) is 9.94. The Hall–Kier alpha value is -2.00. The Bertz CT molecular complexity index is 774. The highest BCUT2D eigenvalue weighted by atomic mass is 32.2. The van der Waals surface area contributed by atoms with Gasteiger partial charge < -0.3 is 9.84 Å². The van der Waals surface area contributed by atoms with Crippen LogP contribution in [0.1, 0.15) is 26.2 Å². The van der Waals surface area contributed by atoms with Gasteiger partial charge in [0.25, 0.3) is 0 Å². The van der Waals surface area contributed by atoms with Crippen LogP contribution in [0.3, 0.4) is 0 Å². The first kappa shape index (κ1) is 17.8. The number of thioether (sulfide) groups is 1. The van der Waals surface area contributed by atoms with E-state index < -0.39 is 0 Å². The number of rotatable bonds is 9.